The smallest absolute Gasteiger partial charge is 0.319 e. The summed E-state index contributed by atoms with van der Waals surface area (Å²) in [5.74, 6) is -1.50. The second-order valence-corrected chi connectivity index (χ2v) is 4.65. The highest BCUT2D eigenvalue weighted by atomic mass is 19.1. The van der Waals surface area contributed by atoms with Crippen molar-refractivity contribution >= 4 is 11.7 Å². The van der Waals surface area contributed by atoms with Gasteiger partial charge in [-0.3, -0.25) is 0 Å². The van der Waals surface area contributed by atoms with Crippen molar-refractivity contribution < 1.29 is 13.6 Å². The summed E-state index contributed by atoms with van der Waals surface area (Å²) in [6, 6.07) is 2.42. The molecule has 0 bridgehead atoms. The van der Waals surface area contributed by atoms with Gasteiger partial charge in [0.1, 0.15) is 11.6 Å². The molecule has 0 aromatic heterocycles. The maximum absolute atomic E-state index is 13.3. The Balaban J connectivity index is 1.87. The third-order valence-corrected chi connectivity index (χ3v) is 3.13. The molecule has 1 saturated carbocycles. The highest BCUT2D eigenvalue weighted by Crippen LogP contribution is 2.28. The Kier molecular flexibility index (Phi) is 3.47. The molecule has 0 atom stereocenters. The van der Waals surface area contributed by atoms with Gasteiger partial charge in [0, 0.05) is 18.2 Å². The number of benzene rings is 1. The van der Waals surface area contributed by atoms with Gasteiger partial charge in [0.2, 0.25) is 0 Å². The minimum atomic E-state index is -0.809. The van der Waals surface area contributed by atoms with Crippen molar-refractivity contribution in [1.82, 2.24) is 5.32 Å². The normalized spacial score (nSPS) is 16.8. The predicted molar refractivity (Wildman–Crippen MR) is 64.1 cm³/mol. The minimum absolute atomic E-state index is 0.0615. The first-order valence-corrected chi connectivity index (χ1v) is 5.77. The molecule has 0 spiro atoms. The fraction of sp³-hybridized carbons (Fsp3) is 0.417. The van der Waals surface area contributed by atoms with Gasteiger partial charge in [0.15, 0.2) is 0 Å². The average molecular weight is 255 g/mol. The Morgan fingerprint density at radius 3 is 2.67 bits per heavy atom. The van der Waals surface area contributed by atoms with E-state index >= 15 is 0 Å². The molecule has 0 heterocycles. The molecular formula is C12H15F2N3O. The molecule has 2 rings (SSSR count). The van der Waals surface area contributed by atoms with Gasteiger partial charge in [-0.2, -0.15) is 0 Å². The SMILES string of the molecule is NC1(CNC(=O)Nc2ccc(F)cc2F)CCC1. The lowest BCUT2D eigenvalue weighted by Gasteiger charge is -2.38. The number of halogens is 2. The van der Waals surface area contributed by atoms with E-state index < -0.39 is 17.7 Å². The fourth-order valence-electron chi connectivity index (χ4n) is 1.82. The maximum atomic E-state index is 13.3. The van der Waals surface area contributed by atoms with E-state index in [1.807, 2.05) is 0 Å². The van der Waals surface area contributed by atoms with Crippen LogP contribution >= 0.6 is 0 Å². The lowest BCUT2D eigenvalue weighted by molar-refractivity contribution is 0.225. The molecule has 0 aliphatic heterocycles. The van der Waals surface area contributed by atoms with Crippen LogP contribution < -0.4 is 16.4 Å². The Morgan fingerprint density at radius 2 is 2.11 bits per heavy atom. The topological polar surface area (TPSA) is 67.1 Å². The zero-order valence-corrected chi connectivity index (χ0v) is 9.80. The number of rotatable bonds is 3. The van der Waals surface area contributed by atoms with Crippen LogP contribution in [-0.4, -0.2) is 18.1 Å². The first-order valence-electron chi connectivity index (χ1n) is 5.77. The number of nitrogens with two attached hydrogens (primary N) is 1. The van der Waals surface area contributed by atoms with Gasteiger partial charge in [-0.1, -0.05) is 0 Å². The Morgan fingerprint density at radius 1 is 1.39 bits per heavy atom. The van der Waals surface area contributed by atoms with E-state index in [0.717, 1.165) is 25.3 Å². The van der Waals surface area contributed by atoms with E-state index in [1.165, 1.54) is 6.07 Å². The molecule has 1 aliphatic rings. The van der Waals surface area contributed by atoms with Crippen LogP contribution in [0.4, 0.5) is 19.3 Å². The van der Waals surface area contributed by atoms with Gasteiger partial charge in [-0.05, 0) is 31.4 Å². The van der Waals surface area contributed by atoms with Crippen molar-refractivity contribution in [2.45, 2.75) is 24.8 Å². The van der Waals surface area contributed by atoms with Gasteiger partial charge < -0.3 is 16.4 Å². The van der Waals surface area contributed by atoms with Gasteiger partial charge >= 0.3 is 6.03 Å². The van der Waals surface area contributed by atoms with Crippen molar-refractivity contribution in [3.63, 3.8) is 0 Å². The predicted octanol–water partition coefficient (Wildman–Crippen LogP) is 1.97. The Labute approximate surface area is 104 Å². The van der Waals surface area contributed by atoms with Crippen LogP contribution in [0.2, 0.25) is 0 Å². The van der Waals surface area contributed by atoms with E-state index in [-0.39, 0.29) is 11.2 Å². The third-order valence-electron chi connectivity index (χ3n) is 3.13. The standard InChI is InChI=1S/C12H15F2N3O/c13-8-2-3-10(9(14)6-8)17-11(18)16-7-12(15)4-1-5-12/h2-3,6H,1,4-5,7,15H2,(H2,16,17,18). The van der Waals surface area contributed by atoms with Gasteiger partial charge in [0.05, 0.1) is 5.69 Å². The summed E-state index contributed by atoms with van der Waals surface area (Å²) in [4.78, 5) is 11.5. The summed E-state index contributed by atoms with van der Waals surface area (Å²) < 4.78 is 25.9. The quantitative estimate of drug-likeness (QED) is 0.773. The number of hydrogen-bond donors (Lipinski definition) is 3. The molecule has 4 N–H and O–H groups in total. The Hall–Kier alpha value is -1.69. The maximum Gasteiger partial charge on any atom is 0.319 e. The van der Waals surface area contributed by atoms with Crippen LogP contribution in [0.5, 0.6) is 0 Å². The number of carbonyl (C=O) groups excluding carboxylic acids is 1. The molecule has 1 aliphatic carbocycles. The lowest BCUT2D eigenvalue weighted by atomic mass is 9.78. The summed E-state index contributed by atoms with van der Waals surface area (Å²) >= 11 is 0. The Bertz CT molecular complexity index is 461. The average Bonchev–Trinajstić information content (AvgIpc) is 2.28. The number of amides is 2. The molecule has 1 aromatic rings. The molecule has 1 fully saturated rings. The number of carbonyl (C=O) groups is 1. The van der Waals surface area contributed by atoms with Crippen LogP contribution in [0.15, 0.2) is 18.2 Å². The van der Waals surface area contributed by atoms with Crippen LogP contribution in [0, 0.1) is 11.6 Å². The molecule has 0 unspecified atom stereocenters. The van der Waals surface area contributed by atoms with E-state index in [4.69, 9.17) is 5.73 Å². The second kappa shape index (κ2) is 4.89. The molecule has 18 heavy (non-hydrogen) atoms. The fourth-order valence-corrected chi connectivity index (χ4v) is 1.82. The summed E-state index contributed by atoms with van der Waals surface area (Å²) in [6.45, 7) is 0.349. The third kappa shape index (κ3) is 2.95. The summed E-state index contributed by atoms with van der Waals surface area (Å²) in [6.07, 6.45) is 2.81. The van der Waals surface area contributed by atoms with Crippen molar-refractivity contribution in [2.24, 2.45) is 5.73 Å². The minimum Gasteiger partial charge on any atom is -0.336 e. The molecule has 1 aromatic carbocycles. The van der Waals surface area contributed by atoms with Gasteiger partial charge in [-0.15, -0.1) is 0 Å². The van der Waals surface area contributed by atoms with Crippen LogP contribution in [0.3, 0.4) is 0 Å². The number of anilines is 1. The molecule has 2 amide bonds. The molecule has 4 nitrogen and oxygen atoms in total. The van der Waals surface area contributed by atoms with Crippen LogP contribution in [0.25, 0.3) is 0 Å². The zero-order chi connectivity index (χ0) is 13.2. The first kappa shape index (κ1) is 12.8. The highest BCUT2D eigenvalue weighted by Gasteiger charge is 2.32. The summed E-state index contributed by atoms with van der Waals surface area (Å²) in [5.41, 5.74) is 5.53. The zero-order valence-electron chi connectivity index (χ0n) is 9.80. The van der Waals surface area contributed by atoms with Crippen molar-refractivity contribution in [1.29, 1.82) is 0 Å². The molecule has 98 valence electrons. The van der Waals surface area contributed by atoms with Gasteiger partial charge in [0.25, 0.3) is 0 Å². The largest absolute Gasteiger partial charge is 0.336 e. The van der Waals surface area contributed by atoms with Crippen molar-refractivity contribution in [3.8, 4) is 0 Å². The lowest BCUT2D eigenvalue weighted by Crippen LogP contribution is -2.55. The van der Waals surface area contributed by atoms with E-state index in [0.29, 0.717) is 12.6 Å². The molecule has 0 saturated heterocycles. The van der Waals surface area contributed by atoms with E-state index in [1.54, 1.807) is 0 Å². The number of hydrogen-bond acceptors (Lipinski definition) is 2. The summed E-state index contributed by atoms with van der Waals surface area (Å²) in [7, 11) is 0. The first-order chi connectivity index (χ1) is 8.48. The summed E-state index contributed by atoms with van der Waals surface area (Å²) in [5, 5.41) is 4.89. The van der Waals surface area contributed by atoms with Crippen molar-refractivity contribution in [2.75, 3.05) is 11.9 Å². The van der Waals surface area contributed by atoms with Crippen molar-refractivity contribution in [3.05, 3.63) is 29.8 Å². The van der Waals surface area contributed by atoms with Crippen LogP contribution in [-0.2, 0) is 0 Å². The highest BCUT2D eigenvalue weighted by molar-refractivity contribution is 5.89. The van der Waals surface area contributed by atoms with Crippen LogP contribution in [0.1, 0.15) is 19.3 Å². The van der Waals surface area contributed by atoms with E-state index in [9.17, 15) is 13.6 Å². The van der Waals surface area contributed by atoms with Gasteiger partial charge in [-0.25, -0.2) is 13.6 Å². The molecule has 6 heteroatoms. The number of nitrogens with one attached hydrogen (secondary N) is 2. The number of urea groups is 1. The second-order valence-electron chi connectivity index (χ2n) is 4.65. The monoisotopic (exact) mass is 255 g/mol. The molecule has 0 radical (unpaired) electrons. The van der Waals surface area contributed by atoms with E-state index in [2.05, 4.69) is 10.6 Å². The molecular weight excluding hydrogens is 240 g/mol.